The van der Waals surface area contributed by atoms with Gasteiger partial charge in [-0.25, -0.2) is 9.59 Å². The molecule has 1 aliphatic rings. The zero-order valence-corrected chi connectivity index (χ0v) is 18.4. The molecule has 32 heavy (non-hydrogen) atoms. The van der Waals surface area contributed by atoms with E-state index in [0.717, 1.165) is 11.4 Å². The number of hydrogen-bond donors (Lipinski definition) is 0. The first-order chi connectivity index (χ1) is 15.4. The summed E-state index contributed by atoms with van der Waals surface area (Å²) in [5.74, 6) is -1.30. The van der Waals surface area contributed by atoms with E-state index in [-0.39, 0.29) is 11.3 Å². The van der Waals surface area contributed by atoms with E-state index in [4.69, 9.17) is 9.47 Å². The largest absolute Gasteiger partial charge is 0.465 e. The minimum atomic E-state index is -0.661. The smallest absolute Gasteiger partial charge is 0.355 e. The summed E-state index contributed by atoms with van der Waals surface area (Å²) in [6.07, 6.45) is 6.55. The van der Waals surface area contributed by atoms with E-state index in [1.165, 1.54) is 20.3 Å². The first-order valence-corrected chi connectivity index (χ1v) is 9.79. The van der Waals surface area contributed by atoms with Crippen molar-refractivity contribution in [1.29, 1.82) is 0 Å². The van der Waals surface area contributed by atoms with Gasteiger partial charge in [0.1, 0.15) is 5.70 Å². The molecule has 8 heteroatoms. The Morgan fingerprint density at radius 3 is 1.91 bits per heavy atom. The van der Waals surface area contributed by atoms with Gasteiger partial charge in [0.15, 0.2) is 0 Å². The number of esters is 2. The van der Waals surface area contributed by atoms with Crippen molar-refractivity contribution < 1.29 is 19.1 Å². The number of azo groups is 1. The molecule has 2 aromatic carbocycles. The molecular weight excluding hydrogens is 408 g/mol. The van der Waals surface area contributed by atoms with E-state index < -0.39 is 11.9 Å². The Kier molecular flexibility index (Phi) is 7.17. The minimum absolute atomic E-state index is 0.0553. The van der Waals surface area contributed by atoms with Crippen molar-refractivity contribution in [3.8, 4) is 0 Å². The Labute approximate surface area is 186 Å². The van der Waals surface area contributed by atoms with Crippen LogP contribution in [0.5, 0.6) is 0 Å². The summed E-state index contributed by atoms with van der Waals surface area (Å²) >= 11 is 0. The lowest BCUT2D eigenvalue weighted by Crippen LogP contribution is -2.26. The average Bonchev–Trinajstić information content (AvgIpc) is 3.05. The molecule has 164 valence electrons. The van der Waals surface area contributed by atoms with Gasteiger partial charge in [-0.3, -0.25) is 0 Å². The maximum atomic E-state index is 12.5. The monoisotopic (exact) mass is 432 g/mol. The van der Waals surface area contributed by atoms with Crippen LogP contribution in [0.4, 0.5) is 22.7 Å². The highest BCUT2D eigenvalue weighted by Crippen LogP contribution is 2.29. The Morgan fingerprint density at radius 2 is 1.38 bits per heavy atom. The van der Waals surface area contributed by atoms with Crippen molar-refractivity contribution in [3.63, 3.8) is 0 Å². The molecule has 0 N–H and O–H groups in total. The highest BCUT2D eigenvalue weighted by atomic mass is 16.5. The van der Waals surface area contributed by atoms with Crippen LogP contribution in [0, 0.1) is 0 Å². The van der Waals surface area contributed by atoms with E-state index in [0.29, 0.717) is 11.4 Å². The first-order valence-electron chi connectivity index (χ1n) is 9.79. The Morgan fingerprint density at radius 1 is 0.812 bits per heavy atom. The van der Waals surface area contributed by atoms with Crippen LogP contribution < -0.4 is 9.80 Å². The summed E-state index contributed by atoms with van der Waals surface area (Å²) in [7, 11) is 6.47. The predicted molar refractivity (Wildman–Crippen MR) is 123 cm³/mol. The number of carbonyl (C=O) groups excluding carboxylic acids is 2. The molecule has 8 nitrogen and oxygen atoms in total. The topological polar surface area (TPSA) is 83.8 Å². The standard InChI is InChI=1S/C24H24N4O4/c1-27(2)19-12-8-17(9-13-19)25-26-18-10-14-20(15-11-18)28-16-6-5-7-21(23(29)31-3)22(28)24(30)32-4/h5-16H,1-4H3. The van der Waals surface area contributed by atoms with Gasteiger partial charge in [0, 0.05) is 31.7 Å². The molecule has 0 fully saturated rings. The molecule has 0 atom stereocenters. The van der Waals surface area contributed by atoms with Gasteiger partial charge in [-0.2, -0.15) is 10.2 Å². The number of hydrogen-bond acceptors (Lipinski definition) is 8. The first kappa shape index (κ1) is 22.5. The van der Waals surface area contributed by atoms with Crippen molar-refractivity contribution in [1.82, 2.24) is 0 Å². The summed E-state index contributed by atoms with van der Waals surface area (Å²) in [5.41, 5.74) is 3.24. The number of benzene rings is 2. The van der Waals surface area contributed by atoms with E-state index >= 15 is 0 Å². The van der Waals surface area contributed by atoms with Crippen molar-refractivity contribution in [2.75, 3.05) is 38.1 Å². The normalized spacial score (nSPS) is 13.3. The van der Waals surface area contributed by atoms with Crippen LogP contribution in [-0.2, 0) is 19.1 Å². The lowest BCUT2D eigenvalue weighted by Gasteiger charge is -2.23. The van der Waals surface area contributed by atoms with Crippen molar-refractivity contribution in [2.45, 2.75) is 0 Å². The molecule has 0 aromatic heterocycles. The van der Waals surface area contributed by atoms with Gasteiger partial charge in [0.25, 0.3) is 0 Å². The molecule has 0 saturated heterocycles. The van der Waals surface area contributed by atoms with Crippen molar-refractivity contribution in [3.05, 3.63) is 84.2 Å². The van der Waals surface area contributed by atoms with E-state index in [2.05, 4.69) is 10.2 Å². The lowest BCUT2D eigenvalue weighted by atomic mass is 10.1. The number of ether oxygens (including phenoxy) is 2. The number of rotatable bonds is 6. The second-order valence-corrected chi connectivity index (χ2v) is 6.94. The van der Waals surface area contributed by atoms with Crippen LogP contribution >= 0.6 is 0 Å². The molecule has 0 bridgehead atoms. The van der Waals surface area contributed by atoms with E-state index in [1.807, 2.05) is 43.3 Å². The molecule has 0 amide bonds. The third-order valence-electron chi connectivity index (χ3n) is 4.66. The third kappa shape index (κ3) is 5.10. The lowest BCUT2D eigenvalue weighted by molar-refractivity contribution is -0.139. The zero-order valence-electron chi connectivity index (χ0n) is 18.4. The molecule has 1 aliphatic heterocycles. The van der Waals surface area contributed by atoms with Gasteiger partial charge in [-0.05, 0) is 60.7 Å². The highest BCUT2D eigenvalue weighted by molar-refractivity contribution is 6.05. The number of methoxy groups -OCH3 is 2. The molecule has 0 saturated carbocycles. The van der Waals surface area contributed by atoms with E-state index in [9.17, 15) is 9.59 Å². The minimum Gasteiger partial charge on any atom is -0.465 e. The number of anilines is 2. The molecule has 0 spiro atoms. The van der Waals surface area contributed by atoms with Crippen LogP contribution in [-0.4, -0.2) is 40.3 Å². The van der Waals surface area contributed by atoms with Crippen LogP contribution in [0.3, 0.4) is 0 Å². The fourth-order valence-corrected chi connectivity index (χ4v) is 2.98. The van der Waals surface area contributed by atoms with Gasteiger partial charge in [-0.1, -0.05) is 6.08 Å². The highest BCUT2D eigenvalue weighted by Gasteiger charge is 2.27. The number of nitrogens with zero attached hydrogens (tertiary/aromatic N) is 4. The Balaban J connectivity index is 1.87. The maximum absolute atomic E-state index is 12.5. The van der Waals surface area contributed by atoms with Gasteiger partial charge >= 0.3 is 11.9 Å². The van der Waals surface area contributed by atoms with Gasteiger partial charge in [0.05, 0.1) is 31.2 Å². The third-order valence-corrected chi connectivity index (χ3v) is 4.66. The van der Waals surface area contributed by atoms with Crippen molar-refractivity contribution in [2.24, 2.45) is 10.2 Å². The summed E-state index contributed by atoms with van der Waals surface area (Å²) < 4.78 is 9.73. The van der Waals surface area contributed by atoms with Crippen LogP contribution in [0.15, 0.2) is 94.5 Å². The fraction of sp³-hybridized carbons (Fsp3) is 0.167. The van der Waals surface area contributed by atoms with Crippen LogP contribution in [0.25, 0.3) is 0 Å². The van der Waals surface area contributed by atoms with Crippen LogP contribution in [0.2, 0.25) is 0 Å². The molecule has 3 rings (SSSR count). The summed E-state index contributed by atoms with van der Waals surface area (Å²) in [5, 5.41) is 8.53. The molecular formula is C24H24N4O4. The van der Waals surface area contributed by atoms with E-state index in [1.54, 1.807) is 47.5 Å². The summed E-state index contributed by atoms with van der Waals surface area (Å²) in [6, 6.07) is 14.8. The molecule has 0 radical (unpaired) electrons. The maximum Gasteiger partial charge on any atom is 0.355 e. The molecule has 0 aliphatic carbocycles. The fourth-order valence-electron chi connectivity index (χ4n) is 2.98. The predicted octanol–water partition coefficient (Wildman–Crippen LogP) is 4.66. The summed E-state index contributed by atoms with van der Waals surface area (Å²) in [6.45, 7) is 0. The van der Waals surface area contributed by atoms with Crippen LogP contribution in [0.1, 0.15) is 0 Å². The molecule has 0 unspecified atom stereocenters. The second-order valence-electron chi connectivity index (χ2n) is 6.94. The Hall–Kier alpha value is -4.20. The SMILES string of the molecule is COC(=O)C1=C(C(=O)OC)N(c2ccc(N=Nc3ccc(N(C)C)cc3)cc2)C=CC=C1. The average molecular weight is 432 g/mol. The van der Waals surface area contributed by atoms with Gasteiger partial charge < -0.3 is 19.3 Å². The second kappa shape index (κ2) is 10.2. The summed E-state index contributed by atoms with van der Waals surface area (Å²) in [4.78, 5) is 28.3. The quantitative estimate of drug-likeness (QED) is 0.488. The van der Waals surface area contributed by atoms with Gasteiger partial charge in [0.2, 0.25) is 0 Å². The zero-order chi connectivity index (χ0) is 23.1. The Bertz CT molecular complexity index is 1100. The molecule has 1 heterocycles. The van der Waals surface area contributed by atoms with Gasteiger partial charge in [-0.15, -0.1) is 0 Å². The number of allylic oxidation sites excluding steroid dienone is 2. The number of carbonyl (C=O) groups is 2. The van der Waals surface area contributed by atoms with Crippen molar-refractivity contribution >= 4 is 34.7 Å². The molecule has 2 aromatic rings.